The van der Waals surface area contributed by atoms with Crippen molar-refractivity contribution in [1.82, 2.24) is 0 Å². The molecule has 240 valence electrons. The van der Waals surface area contributed by atoms with Crippen LogP contribution in [0.25, 0.3) is 0 Å². The summed E-state index contributed by atoms with van der Waals surface area (Å²) >= 11 is 0. The quantitative estimate of drug-likeness (QED) is 0.0995. The summed E-state index contributed by atoms with van der Waals surface area (Å²) < 4.78 is 76.1. The van der Waals surface area contributed by atoms with Gasteiger partial charge < -0.3 is 0 Å². The molecule has 36 heavy (non-hydrogen) atoms. The van der Waals surface area contributed by atoms with Crippen LogP contribution in [-0.4, -0.2) is 39.1 Å². The second kappa shape index (κ2) is 71.2. The Morgan fingerprint density at radius 3 is 0.306 bits per heavy atom. The molecule has 0 aromatic heterocycles. The lowest BCUT2D eigenvalue weighted by Crippen LogP contribution is -1.56. The van der Waals surface area contributed by atoms with Gasteiger partial charge in [0, 0.05) is 0 Å². The van der Waals surface area contributed by atoms with Crippen molar-refractivity contribution in [3.8, 4) is 0 Å². The lowest BCUT2D eigenvalue weighted by Gasteiger charge is -1.78. The Morgan fingerprint density at radius 1 is 0.306 bits per heavy atom. The van der Waals surface area contributed by atoms with Crippen LogP contribution in [0.4, 0.5) is 16.8 Å². The summed E-state index contributed by atoms with van der Waals surface area (Å²) in [5.41, 5.74) is 0. The fourth-order valence-corrected chi connectivity index (χ4v) is 0. The molecule has 0 heterocycles. The summed E-state index contributed by atoms with van der Waals surface area (Å²) in [6.07, 6.45) is 0. The maximum atomic E-state index is 10.4. The van der Waals surface area contributed by atoms with Crippen LogP contribution in [0.5, 0.6) is 0 Å². The normalized spacial score (nSPS) is 7.00. The first kappa shape index (κ1) is 107. The Hall–Kier alpha value is 2.72. The molecular formula is C8H48F4O12P12. The van der Waals surface area contributed by atoms with Gasteiger partial charge in [0.15, 0.2) is 0 Å². The molecule has 0 saturated heterocycles. The second-order valence-corrected chi connectivity index (χ2v) is 5.68. The third-order valence-corrected chi connectivity index (χ3v) is 0. The number of hydrogen-bond acceptors (Lipinski definition) is 4. The fraction of sp³-hybridized carbons (Fsp3) is 0. The molecule has 0 aliphatic heterocycles. The lowest BCUT2D eigenvalue weighted by molar-refractivity contribution is 0.320. The fourth-order valence-electron chi connectivity index (χ4n) is 0. The third-order valence-electron chi connectivity index (χ3n) is 0. The van der Waals surface area contributed by atoms with Crippen molar-refractivity contribution in [3.05, 3.63) is 52.6 Å². The van der Waals surface area contributed by atoms with Crippen LogP contribution in [0.2, 0.25) is 0 Å². The highest BCUT2D eigenvalue weighted by molar-refractivity contribution is 7.46. The summed E-state index contributed by atoms with van der Waals surface area (Å²) in [5.74, 6) is 0. The van der Waals surface area contributed by atoms with Gasteiger partial charge in [0.25, 0.3) is 0 Å². The highest BCUT2D eigenvalue weighted by Crippen LogP contribution is 2.36. The van der Waals surface area contributed by atoms with Crippen LogP contribution in [0.3, 0.4) is 0 Å². The zero-order valence-corrected chi connectivity index (χ0v) is 34.7. The van der Waals surface area contributed by atoms with Crippen LogP contribution in [0, 0.1) is 0 Å². The van der Waals surface area contributed by atoms with Crippen LogP contribution in [0.15, 0.2) is 52.6 Å². The number of halogens is 4. The van der Waals surface area contributed by atoms with E-state index in [2.05, 4.69) is 52.6 Å². The second-order valence-electron chi connectivity index (χ2n) is 1.89. The molecule has 0 fully saturated rings. The molecule has 0 amide bonds. The molecule has 8 N–H and O–H groups in total. The molecule has 0 radical (unpaired) electrons. The summed E-state index contributed by atoms with van der Waals surface area (Å²) in [6.45, 7) is 24.0. The van der Waals surface area contributed by atoms with Crippen LogP contribution in [0.1, 0.15) is 0 Å². The van der Waals surface area contributed by atoms with Crippen LogP contribution >= 0.6 is 111 Å². The largest absolute Gasteiger partial charge is 0.507 e. The van der Waals surface area contributed by atoms with E-state index in [4.69, 9.17) is 57.4 Å². The average molecular weight is 784 g/mol. The van der Waals surface area contributed by atoms with Crippen molar-refractivity contribution in [2.45, 2.75) is 0 Å². The van der Waals surface area contributed by atoms with Gasteiger partial charge in [-0.15, -0.1) is 69.4 Å². The van der Waals surface area contributed by atoms with E-state index in [0.29, 0.717) is 0 Å². The lowest BCUT2D eigenvalue weighted by atomic mass is 11.3. The molecule has 8 atom stereocenters. The van der Waals surface area contributed by atoms with Crippen molar-refractivity contribution in [3.63, 3.8) is 0 Å². The summed E-state index contributed by atoms with van der Waals surface area (Å²) in [4.78, 5) is 55.7. The van der Waals surface area contributed by atoms with Gasteiger partial charge in [-0.3, -0.25) is 39.1 Å². The van der Waals surface area contributed by atoms with Crippen molar-refractivity contribution in [2.75, 3.05) is 0 Å². The average Bonchev–Trinajstić information content (AvgIpc) is 2.40. The molecular weight excluding hydrogens is 736 g/mol. The monoisotopic (exact) mass is 784 g/mol. The first-order valence-corrected chi connectivity index (χ1v) is 11.0. The van der Waals surface area contributed by atoms with E-state index < -0.39 is 31.6 Å². The molecule has 28 heteroatoms. The molecule has 0 spiro atoms. The van der Waals surface area contributed by atoms with Gasteiger partial charge >= 0.3 is 31.6 Å². The van der Waals surface area contributed by atoms with Crippen molar-refractivity contribution in [2.24, 2.45) is 0 Å². The minimum atomic E-state index is -5.14. The Morgan fingerprint density at radius 2 is 0.306 bits per heavy atom. The van der Waals surface area contributed by atoms with Gasteiger partial charge in [0.05, 0.1) is 0 Å². The van der Waals surface area contributed by atoms with Crippen molar-refractivity contribution < 1.29 is 74.2 Å². The van der Waals surface area contributed by atoms with Gasteiger partial charge in [0.1, 0.15) is 0 Å². The summed E-state index contributed by atoms with van der Waals surface area (Å²) in [7, 11) is -20.6. The van der Waals surface area contributed by atoms with Gasteiger partial charge in [-0.25, -0.2) is 18.3 Å². The van der Waals surface area contributed by atoms with E-state index in [1.807, 2.05) is 0 Å². The Kier molecular flexibility index (Phi) is 211. The van der Waals surface area contributed by atoms with Gasteiger partial charge in [-0.1, -0.05) is 0 Å². The predicted molar refractivity (Wildman–Crippen MR) is 186 cm³/mol. The highest BCUT2D eigenvalue weighted by Gasteiger charge is 2.06. The predicted octanol–water partition coefficient (Wildman–Crippen LogP) is 3.87. The van der Waals surface area contributed by atoms with E-state index in [0.717, 1.165) is 0 Å². The molecule has 8 unspecified atom stereocenters. The maximum Gasteiger partial charge on any atom is 0.507 e. The van der Waals surface area contributed by atoms with Crippen LogP contribution in [-0.2, 0) is 18.3 Å². The Labute approximate surface area is 237 Å². The minimum Gasteiger partial charge on any atom is -0.299 e. The summed E-state index contributed by atoms with van der Waals surface area (Å²) in [5, 5.41) is 0. The van der Waals surface area contributed by atoms with E-state index in [-0.39, 0.29) is 79.2 Å². The summed E-state index contributed by atoms with van der Waals surface area (Å²) in [6, 6.07) is 0. The number of hydrogen-bond donors (Lipinski definition) is 8. The van der Waals surface area contributed by atoms with Crippen molar-refractivity contribution in [1.29, 1.82) is 0 Å². The van der Waals surface area contributed by atoms with Gasteiger partial charge in [-0.2, -0.15) is 79.2 Å². The molecule has 0 saturated carbocycles. The number of rotatable bonds is 0. The first-order chi connectivity index (χ1) is 12.0. The molecule has 0 aliphatic carbocycles. The Bertz CT molecular complexity index is 379. The van der Waals surface area contributed by atoms with Crippen molar-refractivity contribution >= 4 is 111 Å². The van der Waals surface area contributed by atoms with E-state index >= 15 is 0 Å². The smallest absolute Gasteiger partial charge is 0.299 e. The van der Waals surface area contributed by atoms with E-state index in [1.54, 1.807) is 0 Å². The highest BCUT2D eigenvalue weighted by atomic mass is 31.2. The van der Waals surface area contributed by atoms with E-state index in [9.17, 15) is 16.8 Å². The molecule has 0 bridgehead atoms. The van der Waals surface area contributed by atoms with Gasteiger partial charge in [-0.05, 0) is 0 Å². The van der Waals surface area contributed by atoms with Crippen LogP contribution < -0.4 is 0 Å². The Balaban J connectivity index is -0.00000000905. The minimum absolute atomic E-state index is 0. The topological polar surface area (TPSA) is 230 Å². The third kappa shape index (κ3) is 6330. The van der Waals surface area contributed by atoms with E-state index in [1.165, 1.54) is 0 Å². The first-order valence-electron chi connectivity index (χ1n) is 5.01. The zero-order chi connectivity index (χ0) is 26.0. The molecule has 12 nitrogen and oxygen atoms in total. The standard InChI is InChI=1S/4C2H4.4FH2O3P.8H3P/c4*1-2;4*1-5(2,3)4;;;;;;;;/h4*1-2H2;4*(H2,2,3,4);8*1H3. The molecule has 0 aliphatic rings. The molecule has 0 aromatic carbocycles. The SMILES string of the molecule is C=C.C=C.C=C.C=C.O=P(O)(O)F.O=P(O)(O)F.O=P(O)(O)F.O=P(O)(O)F.P.P.P.P.P.P.P.P. The maximum absolute atomic E-state index is 10.4. The molecule has 0 aromatic rings. The zero-order valence-electron chi connectivity index (χ0n) is 19.8. The van der Waals surface area contributed by atoms with Gasteiger partial charge in [0.2, 0.25) is 0 Å². The molecule has 0 rings (SSSR count).